The zero-order chi connectivity index (χ0) is 14.5. The lowest BCUT2D eigenvalue weighted by molar-refractivity contribution is 0.111. The molecule has 0 saturated carbocycles. The van der Waals surface area contributed by atoms with E-state index in [2.05, 4.69) is 26.1 Å². The highest BCUT2D eigenvalue weighted by molar-refractivity contribution is 5.18. The van der Waals surface area contributed by atoms with Crippen LogP contribution in [0.25, 0.3) is 0 Å². The highest BCUT2D eigenvalue weighted by atomic mass is 19.1. The number of aliphatic hydroxyl groups is 2. The molecule has 0 aliphatic carbocycles. The van der Waals surface area contributed by atoms with Gasteiger partial charge in [0.1, 0.15) is 5.82 Å². The average molecular weight is 269 g/mol. The van der Waals surface area contributed by atoms with Crippen LogP contribution in [0, 0.1) is 11.2 Å². The normalized spacial score (nSPS) is 15.3. The predicted molar refractivity (Wildman–Crippen MR) is 74.3 cm³/mol. The third kappa shape index (κ3) is 6.66. The van der Waals surface area contributed by atoms with Crippen molar-refractivity contribution < 1.29 is 14.6 Å². The molecule has 0 fully saturated rings. The molecule has 0 heterocycles. The first-order chi connectivity index (χ1) is 8.78. The molecule has 0 amide bonds. The number of nitrogens with one attached hydrogen (secondary N) is 1. The summed E-state index contributed by atoms with van der Waals surface area (Å²) in [6, 6.07) is 5.78. The van der Waals surface area contributed by atoms with Gasteiger partial charge in [-0.15, -0.1) is 0 Å². The summed E-state index contributed by atoms with van der Waals surface area (Å²) in [6.07, 6.45) is -0.421. The van der Waals surface area contributed by atoms with Gasteiger partial charge in [-0.1, -0.05) is 32.9 Å². The van der Waals surface area contributed by atoms with Crippen LogP contribution in [0.15, 0.2) is 24.3 Å². The van der Waals surface area contributed by atoms with Crippen molar-refractivity contribution in [1.82, 2.24) is 5.32 Å². The number of halogens is 1. The minimum absolute atomic E-state index is 0.0800. The van der Waals surface area contributed by atoms with Gasteiger partial charge in [-0.25, -0.2) is 4.39 Å². The summed E-state index contributed by atoms with van der Waals surface area (Å²) in [5.74, 6) is -0.315. The van der Waals surface area contributed by atoms with E-state index in [4.69, 9.17) is 0 Å². The van der Waals surface area contributed by atoms with E-state index in [0.29, 0.717) is 25.1 Å². The lowest BCUT2D eigenvalue weighted by Gasteiger charge is -2.23. The molecule has 1 aromatic rings. The van der Waals surface area contributed by atoms with Crippen LogP contribution in [0.5, 0.6) is 0 Å². The van der Waals surface area contributed by atoms with Gasteiger partial charge in [0.05, 0.1) is 12.2 Å². The van der Waals surface area contributed by atoms with Crippen molar-refractivity contribution in [3.63, 3.8) is 0 Å². The van der Waals surface area contributed by atoms with Crippen LogP contribution in [0.1, 0.15) is 38.9 Å². The molecule has 2 unspecified atom stereocenters. The number of hydrogen-bond donors (Lipinski definition) is 3. The van der Waals surface area contributed by atoms with Gasteiger partial charge in [0.2, 0.25) is 0 Å². The fourth-order valence-electron chi connectivity index (χ4n) is 1.97. The quantitative estimate of drug-likeness (QED) is 0.742. The van der Waals surface area contributed by atoms with Crippen LogP contribution in [-0.4, -0.2) is 29.4 Å². The average Bonchev–Trinajstić information content (AvgIpc) is 2.27. The summed E-state index contributed by atoms with van der Waals surface area (Å²) in [5.41, 5.74) is 0.746. The van der Waals surface area contributed by atoms with Crippen molar-refractivity contribution in [3.05, 3.63) is 35.6 Å². The highest BCUT2D eigenvalue weighted by Gasteiger charge is 2.16. The van der Waals surface area contributed by atoms with Crippen molar-refractivity contribution in [2.45, 2.75) is 39.4 Å². The largest absolute Gasteiger partial charge is 0.392 e. The monoisotopic (exact) mass is 269 g/mol. The first kappa shape index (κ1) is 16.1. The highest BCUT2D eigenvalue weighted by Crippen LogP contribution is 2.20. The zero-order valence-electron chi connectivity index (χ0n) is 11.9. The van der Waals surface area contributed by atoms with E-state index in [9.17, 15) is 14.6 Å². The van der Waals surface area contributed by atoms with Crippen molar-refractivity contribution >= 4 is 0 Å². The molecule has 0 aromatic heterocycles. The van der Waals surface area contributed by atoms with Gasteiger partial charge < -0.3 is 15.5 Å². The second-order valence-electron chi connectivity index (χ2n) is 6.14. The first-order valence-electron chi connectivity index (χ1n) is 6.60. The zero-order valence-corrected chi connectivity index (χ0v) is 11.9. The predicted octanol–water partition coefficient (Wildman–Crippen LogP) is 2.25. The van der Waals surface area contributed by atoms with E-state index >= 15 is 0 Å². The first-order valence-corrected chi connectivity index (χ1v) is 6.60. The molecule has 108 valence electrons. The van der Waals surface area contributed by atoms with Gasteiger partial charge in [-0.05, 0) is 29.5 Å². The van der Waals surface area contributed by atoms with Crippen molar-refractivity contribution in [1.29, 1.82) is 0 Å². The summed E-state index contributed by atoms with van der Waals surface area (Å²) in [7, 11) is 0. The van der Waals surface area contributed by atoms with Gasteiger partial charge in [0.15, 0.2) is 0 Å². The van der Waals surface area contributed by atoms with Crippen molar-refractivity contribution in [3.8, 4) is 0 Å². The fourth-order valence-corrected chi connectivity index (χ4v) is 1.97. The molecule has 2 atom stereocenters. The molecule has 0 aliphatic rings. The lowest BCUT2D eigenvalue weighted by atomic mass is 9.89. The minimum atomic E-state index is -0.692. The number of rotatable bonds is 6. The maximum absolute atomic E-state index is 12.7. The number of hydrogen-bond acceptors (Lipinski definition) is 3. The van der Waals surface area contributed by atoms with Crippen LogP contribution >= 0.6 is 0 Å². The Morgan fingerprint density at radius 1 is 1.11 bits per heavy atom. The molecule has 1 rings (SSSR count). The maximum Gasteiger partial charge on any atom is 0.123 e. The molecule has 0 spiro atoms. The van der Waals surface area contributed by atoms with Crippen LogP contribution in [-0.2, 0) is 0 Å². The van der Waals surface area contributed by atoms with Gasteiger partial charge in [-0.3, -0.25) is 0 Å². The Morgan fingerprint density at radius 3 is 2.21 bits per heavy atom. The van der Waals surface area contributed by atoms with Crippen molar-refractivity contribution in [2.24, 2.45) is 5.41 Å². The number of benzene rings is 1. The van der Waals surface area contributed by atoms with E-state index in [1.54, 1.807) is 12.1 Å². The van der Waals surface area contributed by atoms with E-state index in [1.807, 2.05) is 0 Å². The van der Waals surface area contributed by atoms with E-state index in [-0.39, 0.29) is 11.2 Å². The summed E-state index contributed by atoms with van der Waals surface area (Å²) >= 11 is 0. The Morgan fingerprint density at radius 2 is 1.68 bits per heavy atom. The van der Waals surface area contributed by atoms with Crippen LogP contribution in [0.3, 0.4) is 0 Å². The molecule has 0 saturated heterocycles. The molecule has 3 N–H and O–H groups in total. The van der Waals surface area contributed by atoms with Gasteiger partial charge in [0.25, 0.3) is 0 Å². The standard InChI is InChI=1S/C15H24FNO2/c1-15(2,3)8-13(18)9-17-10-14(19)11-4-6-12(16)7-5-11/h4-7,13-14,17-19H,8-10H2,1-3H3. The summed E-state index contributed by atoms with van der Waals surface area (Å²) < 4.78 is 12.7. The molecule has 0 aliphatic heterocycles. The van der Waals surface area contributed by atoms with E-state index in [0.717, 1.165) is 0 Å². The van der Waals surface area contributed by atoms with Crippen molar-refractivity contribution in [2.75, 3.05) is 13.1 Å². The Labute approximate surface area is 114 Å². The maximum atomic E-state index is 12.7. The third-order valence-corrected chi connectivity index (χ3v) is 2.82. The van der Waals surface area contributed by atoms with Gasteiger partial charge in [-0.2, -0.15) is 0 Å². The summed E-state index contributed by atoms with van der Waals surface area (Å²) in [5, 5.41) is 22.7. The molecular weight excluding hydrogens is 245 g/mol. The summed E-state index contributed by atoms with van der Waals surface area (Å²) in [4.78, 5) is 0. The van der Waals surface area contributed by atoms with E-state index in [1.165, 1.54) is 12.1 Å². The van der Waals surface area contributed by atoms with Crippen LogP contribution in [0.2, 0.25) is 0 Å². The fraction of sp³-hybridized carbons (Fsp3) is 0.600. The lowest BCUT2D eigenvalue weighted by Crippen LogP contribution is -2.32. The molecule has 1 aromatic carbocycles. The van der Waals surface area contributed by atoms with Gasteiger partial charge in [0, 0.05) is 13.1 Å². The minimum Gasteiger partial charge on any atom is -0.392 e. The topological polar surface area (TPSA) is 52.5 Å². The smallest absolute Gasteiger partial charge is 0.123 e. The molecular formula is C15H24FNO2. The molecule has 0 radical (unpaired) electrons. The molecule has 0 bridgehead atoms. The van der Waals surface area contributed by atoms with E-state index < -0.39 is 12.2 Å². The second kappa shape index (κ2) is 6.98. The molecule has 19 heavy (non-hydrogen) atoms. The third-order valence-electron chi connectivity index (χ3n) is 2.82. The SMILES string of the molecule is CC(C)(C)CC(O)CNCC(O)c1ccc(F)cc1. The molecule has 4 heteroatoms. The van der Waals surface area contributed by atoms with Crippen LogP contribution < -0.4 is 5.32 Å². The molecule has 3 nitrogen and oxygen atoms in total. The Hall–Kier alpha value is -0.970. The Bertz CT molecular complexity index is 373. The Kier molecular flexibility index (Phi) is 5.91. The Balaban J connectivity index is 2.31. The van der Waals surface area contributed by atoms with Crippen LogP contribution in [0.4, 0.5) is 4.39 Å². The number of aliphatic hydroxyl groups excluding tert-OH is 2. The summed E-state index contributed by atoms with van der Waals surface area (Å²) in [6.45, 7) is 7.00. The second-order valence-corrected chi connectivity index (χ2v) is 6.14. The van der Waals surface area contributed by atoms with Gasteiger partial charge >= 0.3 is 0 Å².